The molecule has 0 spiro atoms. The molecule has 0 aliphatic heterocycles. The minimum Gasteiger partial charge on any atom is -0.350 e. The molecule has 1 aromatic heterocycles. The second-order valence-electron chi connectivity index (χ2n) is 5.11. The lowest BCUT2D eigenvalue weighted by Gasteiger charge is -2.12. The van der Waals surface area contributed by atoms with Crippen LogP contribution >= 0.6 is 0 Å². The van der Waals surface area contributed by atoms with Gasteiger partial charge in [-0.3, -0.25) is 9.78 Å². The highest BCUT2D eigenvalue weighted by Gasteiger charge is 2.28. The summed E-state index contributed by atoms with van der Waals surface area (Å²) in [7, 11) is 0. The smallest absolute Gasteiger partial charge is 0.251 e. The van der Waals surface area contributed by atoms with Crippen molar-refractivity contribution in [2.45, 2.75) is 18.9 Å². The average Bonchev–Trinajstić information content (AvgIpc) is 3.28. The average molecular weight is 255 g/mol. The third-order valence-corrected chi connectivity index (χ3v) is 3.65. The van der Waals surface area contributed by atoms with Crippen molar-refractivity contribution in [3.63, 3.8) is 0 Å². The molecule has 1 atom stereocenters. The number of aromatic nitrogens is 1. The van der Waals surface area contributed by atoms with Gasteiger partial charge in [0.25, 0.3) is 5.91 Å². The molecule has 1 aliphatic rings. The molecule has 1 saturated carbocycles. The Morgan fingerprint density at radius 3 is 3.05 bits per heavy atom. The zero-order valence-corrected chi connectivity index (χ0v) is 10.7. The first-order valence-electron chi connectivity index (χ1n) is 6.62. The van der Waals surface area contributed by atoms with Crippen molar-refractivity contribution in [3.05, 3.63) is 42.2 Å². The van der Waals surface area contributed by atoms with Gasteiger partial charge in [0.05, 0.1) is 0 Å². The Hall–Kier alpha value is -1.94. The van der Waals surface area contributed by atoms with Gasteiger partial charge in [-0.1, -0.05) is 12.1 Å². The maximum absolute atomic E-state index is 12.2. The van der Waals surface area contributed by atoms with Gasteiger partial charge in [0.15, 0.2) is 0 Å². The molecule has 1 aliphatic carbocycles. The Morgan fingerprint density at radius 1 is 1.42 bits per heavy atom. The first kappa shape index (κ1) is 12.1. The standard InChI is InChI=1S/C15H17N3O/c16-14(10-4-5-10)9-18-15(19)13-3-1-2-11-8-17-7-6-12(11)13/h1-3,6-8,10,14H,4-5,9,16H2,(H,18,19). The summed E-state index contributed by atoms with van der Waals surface area (Å²) in [5, 5.41) is 4.83. The summed E-state index contributed by atoms with van der Waals surface area (Å²) < 4.78 is 0. The molecule has 0 saturated heterocycles. The van der Waals surface area contributed by atoms with Crippen molar-refractivity contribution in [1.82, 2.24) is 10.3 Å². The lowest BCUT2D eigenvalue weighted by molar-refractivity contribution is 0.0952. The Morgan fingerprint density at radius 2 is 2.26 bits per heavy atom. The topological polar surface area (TPSA) is 68.0 Å². The minimum absolute atomic E-state index is 0.0621. The van der Waals surface area contributed by atoms with E-state index in [4.69, 9.17) is 5.73 Å². The number of nitrogens with two attached hydrogens (primary N) is 1. The highest BCUT2D eigenvalue weighted by Crippen LogP contribution is 2.31. The fourth-order valence-electron chi connectivity index (χ4n) is 2.32. The maximum Gasteiger partial charge on any atom is 0.251 e. The molecule has 0 radical (unpaired) electrons. The van der Waals surface area contributed by atoms with Crippen LogP contribution in [-0.4, -0.2) is 23.5 Å². The molecule has 1 aromatic carbocycles. The van der Waals surface area contributed by atoms with Crippen LogP contribution in [-0.2, 0) is 0 Å². The van der Waals surface area contributed by atoms with E-state index in [1.807, 2.05) is 24.3 Å². The summed E-state index contributed by atoms with van der Waals surface area (Å²) >= 11 is 0. The predicted octanol–water partition coefficient (Wildman–Crippen LogP) is 1.70. The second-order valence-corrected chi connectivity index (χ2v) is 5.11. The van der Waals surface area contributed by atoms with Gasteiger partial charge < -0.3 is 11.1 Å². The molecule has 2 aromatic rings. The van der Waals surface area contributed by atoms with E-state index in [1.165, 1.54) is 12.8 Å². The minimum atomic E-state index is -0.0621. The van der Waals surface area contributed by atoms with Gasteiger partial charge in [0.1, 0.15) is 0 Å². The van der Waals surface area contributed by atoms with Crippen molar-refractivity contribution in [2.24, 2.45) is 11.7 Å². The number of nitrogens with zero attached hydrogens (tertiary/aromatic N) is 1. The molecule has 19 heavy (non-hydrogen) atoms. The van der Waals surface area contributed by atoms with Gasteiger partial charge in [-0.25, -0.2) is 0 Å². The molecule has 3 N–H and O–H groups in total. The molecule has 4 heteroatoms. The van der Waals surface area contributed by atoms with E-state index in [0.717, 1.165) is 10.8 Å². The van der Waals surface area contributed by atoms with Crippen molar-refractivity contribution in [2.75, 3.05) is 6.54 Å². The summed E-state index contributed by atoms with van der Waals surface area (Å²) in [6, 6.07) is 7.61. The van der Waals surface area contributed by atoms with Crippen molar-refractivity contribution in [1.29, 1.82) is 0 Å². The lowest BCUT2D eigenvalue weighted by atomic mass is 10.1. The molecule has 4 nitrogen and oxygen atoms in total. The van der Waals surface area contributed by atoms with Crippen LogP contribution in [0.2, 0.25) is 0 Å². The molecule has 1 fully saturated rings. The first-order valence-corrected chi connectivity index (χ1v) is 6.62. The highest BCUT2D eigenvalue weighted by molar-refractivity contribution is 6.06. The zero-order valence-electron chi connectivity index (χ0n) is 10.7. The van der Waals surface area contributed by atoms with Crippen molar-refractivity contribution in [3.8, 4) is 0 Å². The number of fused-ring (bicyclic) bond motifs is 1. The Labute approximate surface area is 112 Å². The number of amides is 1. The molecule has 0 bridgehead atoms. The third kappa shape index (κ3) is 2.58. The number of carbonyl (C=O) groups is 1. The number of benzene rings is 1. The van der Waals surface area contributed by atoms with E-state index in [2.05, 4.69) is 10.3 Å². The van der Waals surface area contributed by atoms with E-state index in [-0.39, 0.29) is 11.9 Å². The van der Waals surface area contributed by atoms with Crippen LogP contribution in [0.15, 0.2) is 36.7 Å². The fourth-order valence-corrected chi connectivity index (χ4v) is 2.32. The molecular formula is C15H17N3O. The van der Waals surface area contributed by atoms with E-state index in [1.54, 1.807) is 12.4 Å². The van der Waals surface area contributed by atoms with Gasteiger partial charge in [0.2, 0.25) is 0 Å². The predicted molar refractivity (Wildman–Crippen MR) is 74.8 cm³/mol. The normalized spacial score (nSPS) is 16.3. The number of nitrogens with one attached hydrogen (secondary N) is 1. The number of hydrogen-bond donors (Lipinski definition) is 2. The van der Waals surface area contributed by atoms with Crippen LogP contribution in [0, 0.1) is 5.92 Å². The van der Waals surface area contributed by atoms with Crippen molar-refractivity contribution >= 4 is 16.7 Å². The number of carbonyl (C=O) groups excluding carboxylic acids is 1. The number of hydrogen-bond acceptors (Lipinski definition) is 3. The van der Waals surface area contributed by atoms with Gasteiger partial charge >= 0.3 is 0 Å². The monoisotopic (exact) mass is 255 g/mol. The fraction of sp³-hybridized carbons (Fsp3) is 0.333. The van der Waals surface area contributed by atoms with Crippen LogP contribution in [0.25, 0.3) is 10.8 Å². The van der Waals surface area contributed by atoms with E-state index in [0.29, 0.717) is 18.0 Å². The van der Waals surface area contributed by atoms with E-state index < -0.39 is 0 Å². The number of rotatable bonds is 4. The molecule has 1 unspecified atom stereocenters. The molecule has 98 valence electrons. The van der Waals surface area contributed by atoms with E-state index in [9.17, 15) is 4.79 Å². The Kier molecular flexibility index (Phi) is 3.17. The lowest BCUT2D eigenvalue weighted by Crippen LogP contribution is -2.38. The summed E-state index contributed by atoms with van der Waals surface area (Å²) in [6.07, 6.45) is 5.85. The third-order valence-electron chi connectivity index (χ3n) is 3.65. The summed E-state index contributed by atoms with van der Waals surface area (Å²) in [4.78, 5) is 16.3. The highest BCUT2D eigenvalue weighted by atomic mass is 16.1. The summed E-state index contributed by atoms with van der Waals surface area (Å²) in [5.74, 6) is 0.532. The summed E-state index contributed by atoms with van der Waals surface area (Å²) in [6.45, 7) is 0.547. The molecule has 3 rings (SSSR count). The van der Waals surface area contributed by atoms with Crippen LogP contribution < -0.4 is 11.1 Å². The van der Waals surface area contributed by atoms with Crippen LogP contribution in [0.3, 0.4) is 0 Å². The first-order chi connectivity index (χ1) is 9.25. The zero-order chi connectivity index (χ0) is 13.2. The summed E-state index contributed by atoms with van der Waals surface area (Å²) in [5.41, 5.74) is 6.68. The largest absolute Gasteiger partial charge is 0.350 e. The van der Waals surface area contributed by atoms with Gasteiger partial charge in [-0.2, -0.15) is 0 Å². The quantitative estimate of drug-likeness (QED) is 0.873. The maximum atomic E-state index is 12.2. The van der Waals surface area contributed by atoms with Crippen LogP contribution in [0.5, 0.6) is 0 Å². The van der Waals surface area contributed by atoms with Crippen LogP contribution in [0.4, 0.5) is 0 Å². The van der Waals surface area contributed by atoms with Gasteiger partial charge in [0, 0.05) is 35.9 Å². The SMILES string of the molecule is NC(CNC(=O)c1cccc2cnccc12)C1CC1. The molecular weight excluding hydrogens is 238 g/mol. The Bertz CT molecular complexity index is 602. The van der Waals surface area contributed by atoms with Crippen LogP contribution in [0.1, 0.15) is 23.2 Å². The van der Waals surface area contributed by atoms with E-state index >= 15 is 0 Å². The Balaban J connectivity index is 1.77. The van der Waals surface area contributed by atoms with Crippen molar-refractivity contribution < 1.29 is 4.79 Å². The number of pyridine rings is 1. The molecule has 1 amide bonds. The van der Waals surface area contributed by atoms with Gasteiger partial charge in [-0.15, -0.1) is 0 Å². The molecule has 1 heterocycles. The second kappa shape index (κ2) is 4.97. The van der Waals surface area contributed by atoms with Gasteiger partial charge in [-0.05, 0) is 36.3 Å².